The minimum atomic E-state index is -0.449. The van der Waals surface area contributed by atoms with E-state index in [1.807, 2.05) is 24.5 Å². The number of imidazole rings is 1. The Labute approximate surface area is 239 Å². The van der Waals surface area contributed by atoms with Crippen molar-refractivity contribution in [3.8, 4) is 0 Å². The molecule has 9 nitrogen and oxygen atoms in total. The molecule has 4 aromatic rings. The molecule has 0 aliphatic carbocycles. The highest BCUT2D eigenvalue weighted by Gasteiger charge is 2.29. The molecule has 1 amide bonds. The van der Waals surface area contributed by atoms with Gasteiger partial charge in [0, 0.05) is 44.4 Å². The minimum Gasteiger partial charge on any atom is -0.445 e. The number of para-hydroxylation sites is 2. The number of carbonyl (C=O) groups excluding carboxylic acids is 1. The first-order chi connectivity index (χ1) is 20.0. The van der Waals surface area contributed by atoms with Crippen LogP contribution in [0, 0.1) is 10.1 Å². The predicted molar refractivity (Wildman–Crippen MR) is 159 cm³/mol. The van der Waals surface area contributed by atoms with Crippen molar-refractivity contribution >= 4 is 22.8 Å². The number of benzene rings is 3. The lowest BCUT2D eigenvalue weighted by atomic mass is 10.00. The standard InChI is InChI=1S/C32H35N5O4/c1-2-19-35(32(38)41-23-25-12-14-28(15-13-25)37(39)40)27-16-20-34(21-17-27)22-18-30(26-8-4-3-5-9-26)36-24-33-29-10-6-7-11-31(29)36/h2-15,24,27,30H,1,16-23H2. The van der Waals surface area contributed by atoms with Crippen molar-refractivity contribution in [3.05, 3.63) is 119 Å². The minimum absolute atomic E-state index is 0.00795. The van der Waals surface area contributed by atoms with Gasteiger partial charge in [-0.1, -0.05) is 48.5 Å². The highest BCUT2D eigenvalue weighted by Crippen LogP contribution is 2.28. The van der Waals surface area contributed by atoms with Gasteiger partial charge in [0.15, 0.2) is 0 Å². The van der Waals surface area contributed by atoms with Gasteiger partial charge in [0.2, 0.25) is 0 Å². The first kappa shape index (κ1) is 28.0. The molecule has 5 rings (SSSR count). The number of nitro benzene ring substituents is 1. The summed E-state index contributed by atoms with van der Waals surface area (Å²) < 4.78 is 7.86. The van der Waals surface area contributed by atoms with Gasteiger partial charge >= 0.3 is 6.09 Å². The fourth-order valence-corrected chi connectivity index (χ4v) is 5.58. The van der Waals surface area contributed by atoms with Crippen LogP contribution in [0.25, 0.3) is 11.0 Å². The Hall–Kier alpha value is -4.50. The van der Waals surface area contributed by atoms with Crippen LogP contribution in [0.3, 0.4) is 0 Å². The van der Waals surface area contributed by atoms with Gasteiger partial charge in [-0.3, -0.25) is 10.1 Å². The van der Waals surface area contributed by atoms with Crippen molar-refractivity contribution in [2.45, 2.75) is 38.0 Å². The summed E-state index contributed by atoms with van der Waals surface area (Å²) in [6.07, 6.45) is 5.93. The number of piperidine rings is 1. The van der Waals surface area contributed by atoms with Crippen molar-refractivity contribution in [2.75, 3.05) is 26.2 Å². The van der Waals surface area contributed by atoms with Gasteiger partial charge in [-0.15, -0.1) is 6.58 Å². The van der Waals surface area contributed by atoms with Crippen molar-refractivity contribution in [3.63, 3.8) is 0 Å². The third-order valence-corrected chi connectivity index (χ3v) is 7.79. The fourth-order valence-electron chi connectivity index (χ4n) is 5.58. The lowest BCUT2D eigenvalue weighted by molar-refractivity contribution is -0.384. The fraction of sp³-hybridized carbons (Fsp3) is 0.312. The molecule has 1 atom stereocenters. The van der Waals surface area contributed by atoms with Crippen LogP contribution in [-0.4, -0.2) is 62.6 Å². The van der Waals surface area contributed by atoms with Crippen molar-refractivity contribution < 1.29 is 14.5 Å². The Morgan fingerprint density at radius 3 is 2.49 bits per heavy atom. The molecular formula is C32H35N5O4. The number of nitrogens with zero attached hydrogens (tertiary/aromatic N) is 5. The first-order valence-electron chi connectivity index (χ1n) is 14.0. The summed E-state index contributed by atoms with van der Waals surface area (Å²) >= 11 is 0. The van der Waals surface area contributed by atoms with Gasteiger partial charge in [0.05, 0.1) is 28.3 Å². The van der Waals surface area contributed by atoms with Gasteiger partial charge in [0.25, 0.3) is 5.69 Å². The summed E-state index contributed by atoms with van der Waals surface area (Å²) in [7, 11) is 0. The van der Waals surface area contributed by atoms with E-state index in [1.165, 1.54) is 17.7 Å². The maximum absolute atomic E-state index is 13.0. The largest absolute Gasteiger partial charge is 0.445 e. The number of hydrogen-bond donors (Lipinski definition) is 0. The third kappa shape index (κ3) is 6.81. The van der Waals surface area contributed by atoms with E-state index in [0.717, 1.165) is 49.9 Å². The second-order valence-electron chi connectivity index (χ2n) is 10.3. The Morgan fingerprint density at radius 2 is 1.78 bits per heavy atom. The van der Waals surface area contributed by atoms with Gasteiger partial charge in [0.1, 0.15) is 6.61 Å². The number of hydrogen-bond acceptors (Lipinski definition) is 6. The zero-order chi connectivity index (χ0) is 28.6. The topological polar surface area (TPSA) is 93.7 Å². The maximum atomic E-state index is 13.0. The van der Waals surface area contributed by atoms with Crippen LogP contribution in [0.2, 0.25) is 0 Å². The van der Waals surface area contributed by atoms with E-state index in [4.69, 9.17) is 4.74 Å². The van der Waals surface area contributed by atoms with E-state index in [-0.39, 0.29) is 24.4 Å². The van der Waals surface area contributed by atoms with Crippen LogP contribution in [0.15, 0.2) is 97.8 Å². The molecular weight excluding hydrogens is 518 g/mol. The zero-order valence-corrected chi connectivity index (χ0v) is 23.0. The molecule has 0 bridgehead atoms. The van der Waals surface area contributed by atoms with Crippen LogP contribution in [0.4, 0.5) is 10.5 Å². The molecule has 41 heavy (non-hydrogen) atoms. The lowest BCUT2D eigenvalue weighted by Crippen LogP contribution is -2.48. The Kier molecular flexibility index (Phi) is 9.05. The summed E-state index contributed by atoms with van der Waals surface area (Å²) in [5, 5.41) is 10.9. The molecule has 2 heterocycles. The van der Waals surface area contributed by atoms with Crippen LogP contribution in [-0.2, 0) is 11.3 Å². The quantitative estimate of drug-likeness (QED) is 0.124. The average Bonchev–Trinajstić information content (AvgIpc) is 3.44. The maximum Gasteiger partial charge on any atom is 0.410 e. The number of ether oxygens (including phenoxy) is 1. The predicted octanol–water partition coefficient (Wildman–Crippen LogP) is 6.21. The van der Waals surface area contributed by atoms with E-state index >= 15 is 0 Å². The number of likely N-dealkylation sites (tertiary alicyclic amines) is 1. The van der Waals surface area contributed by atoms with E-state index in [0.29, 0.717) is 12.1 Å². The van der Waals surface area contributed by atoms with Crippen molar-refractivity contribution in [2.24, 2.45) is 0 Å². The second kappa shape index (κ2) is 13.2. The summed E-state index contributed by atoms with van der Waals surface area (Å²) in [5.74, 6) is 0. The number of aromatic nitrogens is 2. The van der Waals surface area contributed by atoms with Crippen molar-refractivity contribution in [1.82, 2.24) is 19.4 Å². The lowest BCUT2D eigenvalue weighted by Gasteiger charge is -2.38. The smallest absolute Gasteiger partial charge is 0.410 e. The number of fused-ring (bicyclic) bond motifs is 1. The summed E-state index contributed by atoms with van der Waals surface area (Å²) in [6, 6.07) is 25.1. The molecule has 0 radical (unpaired) electrons. The first-order valence-corrected chi connectivity index (χ1v) is 14.0. The van der Waals surface area contributed by atoms with Crippen LogP contribution < -0.4 is 0 Å². The van der Waals surface area contributed by atoms with E-state index in [1.54, 1.807) is 23.1 Å². The van der Waals surface area contributed by atoms with Gasteiger partial charge in [-0.2, -0.15) is 0 Å². The van der Waals surface area contributed by atoms with Gasteiger partial charge in [-0.25, -0.2) is 9.78 Å². The molecule has 0 spiro atoms. The molecule has 1 saturated heterocycles. The molecule has 1 unspecified atom stereocenters. The monoisotopic (exact) mass is 553 g/mol. The molecule has 1 aliphatic heterocycles. The van der Waals surface area contributed by atoms with Crippen LogP contribution in [0.1, 0.15) is 36.4 Å². The number of carbonyl (C=O) groups is 1. The van der Waals surface area contributed by atoms with E-state index in [9.17, 15) is 14.9 Å². The Bertz CT molecular complexity index is 1460. The SMILES string of the molecule is C=CCN(C(=O)OCc1ccc([N+](=O)[O-])cc1)C1CCN(CCC(c2ccccc2)n2cnc3ccccc32)CC1. The van der Waals surface area contributed by atoms with Crippen molar-refractivity contribution in [1.29, 1.82) is 0 Å². The molecule has 0 N–H and O–H groups in total. The Balaban J connectivity index is 1.17. The summed E-state index contributed by atoms with van der Waals surface area (Å²) in [5.41, 5.74) is 4.10. The van der Waals surface area contributed by atoms with Crippen LogP contribution >= 0.6 is 0 Å². The molecule has 1 aliphatic rings. The molecule has 1 fully saturated rings. The van der Waals surface area contributed by atoms with Gasteiger partial charge in [-0.05, 0) is 54.7 Å². The highest BCUT2D eigenvalue weighted by atomic mass is 16.6. The molecule has 1 aromatic heterocycles. The second-order valence-corrected chi connectivity index (χ2v) is 10.3. The average molecular weight is 554 g/mol. The number of nitro groups is 1. The molecule has 0 saturated carbocycles. The van der Waals surface area contributed by atoms with Crippen LogP contribution in [0.5, 0.6) is 0 Å². The summed E-state index contributed by atoms with van der Waals surface area (Å²) in [6.45, 7) is 7.02. The third-order valence-electron chi connectivity index (χ3n) is 7.79. The number of non-ortho nitro benzene ring substituents is 1. The van der Waals surface area contributed by atoms with E-state index in [2.05, 4.69) is 57.4 Å². The number of rotatable bonds is 11. The molecule has 212 valence electrons. The number of amides is 1. The zero-order valence-electron chi connectivity index (χ0n) is 23.0. The van der Waals surface area contributed by atoms with E-state index < -0.39 is 11.0 Å². The molecule has 9 heteroatoms. The molecule has 3 aromatic carbocycles. The van der Waals surface area contributed by atoms with Gasteiger partial charge < -0.3 is 19.1 Å². The highest BCUT2D eigenvalue weighted by molar-refractivity contribution is 5.75. The normalized spacial score (nSPS) is 14.9. The summed E-state index contributed by atoms with van der Waals surface area (Å²) in [4.78, 5) is 32.3. The Morgan fingerprint density at radius 1 is 1.07 bits per heavy atom.